The quantitative estimate of drug-likeness (QED) is 0.387. The van der Waals surface area contributed by atoms with Gasteiger partial charge in [0.2, 0.25) is 0 Å². The van der Waals surface area contributed by atoms with Gasteiger partial charge in [-0.25, -0.2) is 13.2 Å². The molecule has 36 heavy (non-hydrogen) atoms. The van der Waals surface area contributed by atoms with Gasteiger partial charge in [-0.2, -0.15) is 10.2 Å². The molecule has 1 amide bonds. The summed E-state index contributed by atoms with van der Waals surface area (Å²) in [5.74, 6) is -3.61. The number of halogens is 3. The monoisotopic (exact) mass is 495 g/mol. The van der Waals surface area contributed by atoms with E-state index in [0.29, 0.717) is 41.1 Å². The Morgan fingerprint density at radius 1 is 1.06 bits per heavy atom. The number of carbonyl (C=O) groups is 1. The molecular weight excluding hydrogens is 471 g/mol. The van der Waals surface area contributed by atoms with Gasteiger partial charge < -0.3 is 9.64 Å². The van der Waals surface area contributed by atoms with Crippen LogP contribution in [0.15, 0.2) is 30.3 Å². The van der Waals surface area contributed by atoms with E-state index in [2.05, 4.69) is 5.10 Å². The van der Waals surface area contributed by atoms with Crippen LogP contribution in [0.25, 0.3) is 22.2 Å². The number of aromatic nitrogens is 4. The Morgan fingerprint density at radius 2 is 1.81 bits per heavy atom. The summed E-state index contributed by atoms with van der Waals surface area (Å²) in [7, 11) is 5.05. The molecule has 2 aromatic carbocycles. The fraction of sp³-hybridized carbons (Fsp3) is 0.346. The van der Waals surface area contributed by atoms with E-state index in [1.807, 2.05) is 23.1 Å². The van der Waals surface area contributed by atoms with Crippen molar-refractivity contribution in [2.24, 2.45) is 14.1 Å². The van der Waals surface area contributed by atoms with Gasteiger partial charge in [-0.05, 0) is 49.9 Å². The minimum atomic E-state index is -1.50. The van der Waals surface area contributed by atoms with Gasteiger partial charge in [-0.1, -0.05) is 6.07 Å². The van der Waals surface area contributed by atoms with Crippen LogP contribution in [0.5, 0.6) is 5.75 Å². The van der Waals surface area contributed by atoms with E-state index in [0.717, 1.165) is 36.1 Å². The van der Waals surface area contributed by atoms with Gasteiger partial charge in [0.15, 0.2) is 23.1 Å². The number of benzene rings is 2. The number of carbonyl (C=O) groups excluding carboxylic acids is 1. The average molecular weight is 496 g/mol. The maximum absolute atomic E-state index is 14.1. The Balaban J connectivity index is 1.46. The predicted molar refractivity (Wildman–Crippen MR) is 126 cm³/mol. The standard InChI is InChI=1S/C26H24F3N5O2/c1-32-18-7-5-9-20(36-3)21(18)24(31-32)26(35)34-14-6-4-8-19(34)23-15(12-14)25(33(2)30-23)13-10-16(27)22(29)17(28)11-13/h5,7,9-11,14,19H,4,6,8,12H2,1-3H3/t14-,19+/m1/s1. The van der Waals surface area contributed by atoms with Crippen molar-refractivity contribution in [1.29, 1.82) is 0 Å². The number of rotatable bonds is 3. The minimum absolute atomic E-state index is 0.131. The molecule has 2 atom stereocenters. The number of ether oxygens (including phenoxy) is 1. The Morgan fingerprint density at radius 3 is 2.53 bits per heavy atom. The Hall–Kier alpha value is -3.82. The molecule has 1 fully saturated rings. The van der Waals surface area contributed by atoms with E-state index in [4.69, 9.17) is 9.84 Å². The van der Waals surface area contributed by atoms with Gasteiger partial charge in [0.05, 0.1) is 35.4 Å². The van der Waals surface area contributed by atoms with E-state index in [1.165, 1.54) is 0 Å². The molecule has 0 saturated carbocycles. The molecule has 0 aliphatic carbocycles. The van der Waals surface area contributed by atoms with Crippen LogP contribution in [0.4, 0.5) is 13.2 Å². The highest BCUT2D eigenvalue weighted by atomic mass is 19.2. The SMILES string of the molecule is COc1cccc2c1c(C(=O)N1[C@@H]3CCC[C@H]1c1nn(C)c(-c4cc(F)c(F)c(F)c4)c1C3)nn2C. The molecule has 7 nitrogen and oxygen atoms in total. The van der Waals surface area contributed by atoms with Crippen LogP contribution in [0.2, 0.25) is 0 Å². The van der Waals surface area contributed by atoms with E-state index in [9.17, 15) is 18.0 Å². The molecule has 0 radical (unpaired) electrons. The van der Waals surface area contributed by atoms with Crippen molar-refractivity contribution < 1.29 is 22.7 Å². The first-order valence-corrected chi connectivity index (χ1v) is 11.8. The number of hydrogen-bond acceptors (Lipinski definition) is 4. The average Bonchev–Trinajstić information content (AvgIpc) is 3.37. The molecule has 1 saturated heterocycles. The van der Waals surface area contributed by atoms with E-state index in [1.54, 1.807) is 30.6 Å². The third-order valence-electron chi connectivity index (χ3n) is 7.43. The lowest BCUT2D eigenvalue weighted by atomic mass is 9.81. The van der Waals surface area contributed by atoms with E-state index in [-0.39, 0.29) is 23.6 Å². The van der Waals surface area contributed by atoms with Crippen molar-refractivity contribution in [3.8, 4) is 17.0 Å². The second kappa shape index (κ2) is 8.11. The zero-order valence-electron chi connectivity index (χ0n) is 20.1. The molecule has 0 N–H and O–H groups in total. The van der Waals surface area contributed by atoms with Crippen molar-refractivity contribution in [2.75, 3.05) is 7.11 Å². The second-order valence-electron chi connectivity index (χ2n) is 9.43. The molecule has 4 aromatic rings. The Labute approximate surface area is 205 Å². The first-order valence-electron chi connectivity index (χ1n) is 11.8. The topological polar surface area (TPSA) is 65.2 Å². The van der Waals surface area contributed by atoms with Crippen molar-refractivity contribution in [3.05, 3.63) is 64.7 Å². The number of aryl methyl sites for hydroxylation is 2. The van der Waals surface area contributed by atoms with Crippen LogP contribution in [-0.4, -0.2) is 43.5 Å². The zero-order chi connectivity index (χ0) is 25.3. The number of amides is 1. The first kappa shape index (κ1) is 22.6. The largest absolute Gasteiger partial charge is 0.496 e. The summed E-state index contributed by atoms with van der Waals surface area (Å²) in [4.78, 5) is 15.9. The fourth-order valence-electron chi connectivity index (χ4n) is 5.93. The third kappa shape index (κ3) is 3.16. The van der Waals surface area contributed by atoms with Gasteiger partial charge in [0.1, 0.15) is 5.75 Å². The van der Waals surface area contributed by atoms with Gasteiger partial charge in [0.25, 0.3) is 5.91 Å². The van der Waals surface area contributed by atoms with Gasteiger partial charge in [0, 0.05) is 31.3 Å². The maximum atomic E-state index is 14.1. The Kier molecular flexibility index (Phi) is 5.10. The molecule has 2 aliphatic heterocycles. The summed E-state index contributed by atoms with van der Waals surface area (Å²) in [5, 5.41) is 9.91. The molecule has 2 aliphatic rings. The van der Waals surface area contributed by atoms with Crippen LogP contribution < -0.4 is 4.74 Å². The molecule has 0 unspecified atom stereocenters. The van der Waals surface area contributed by atoms with Crippen LogP contribution in [0, 0.1) is 17.5 Å². The molecule has 2 bridgehead atoms. The number of methoxy groups -OCH3 is 1. The molecule has 6 rings (SSSR count). The summed E-state index contributed by atoms with van der Waals surface area (Å²) in [6.07, 6.45) is 2.89. The van der Waals surface area contributed by atoms with E-state index >= 15 is 0 Å². The van der Waals surface area contributed by atoms with Gasteiger partial charge in [-0.3, -0.25) is 14.2 Å². The lowest BCUT2D eigenvalue weighted by molar-refractivity contribution is 0.0387. The lowest BCUT2D eigenvalue weighted by Crippen LogP contribution is -2.50. The third-order valence-corrected chi connectivity index (χ3v) is 7.43. The smallest absolute Gasteiger partial charge is 0.275 e. The summed E-state index contributed by atoms with van der Waals surface area (Å²) in [6, 6.07) is 7.11. The Bertz CT molecular complexity index is 1520. The molecular formula is C26H24F3N5O2. The highest BCUT2D eigenvalue weighted by molar-refractivity contribution is 6.07. The van der Waals surface area contributed by atoms with Crippen molar-refractivity contribution in [3.63, 3.8) is 0 Å². The second-order valence-corrected chi connectivity index (χ2v) is 9.43. The summed E-state index contributed by atoms with van der Waals surface area (Å²) in [5.41, 5.74) is 3.42. The summed E-state index contributed by atoms with van der Waals surface area (Å²) >= 11 is 0. The van der Waals surface area contributed by atoms with Gasteiger partial charge >= 0.3 is 0 Å². The van der Waals surface area contributed by atoms with Crippen LogP contribution in [-0.2, 0) is 20.5 Å². The van der Waals surface area contributed by atoms with Crippen molar-refractivity contribution in [1.82, 2.24) is 24.5 Å². The number of fused-ring (bicyclic) bond motifs is 5. The van der Waals surface area contributed by atoms with Gasteiger partial charge in [-0.15, -0.1) is 0 Å². The molecule has 10 heteroatoms. The molecule has 0 spiro atoms. The highest BCUT2D eigenvalue weighted by Gasteiger charge is 2.44. The lowest BCUT2D eigenvalue weighted by Gasteiger charge is -2.45. The number of piperidine rings is 1. The number of nitrogens with zero attached hydrogens (tertiary/aromatic N) is 5. The van der Waals surface area contributed by atoms with Crippen molar-refractivity contribution >= 4 is 16.8 Å². The maximum Gasteiger partial charge on any atom is 0.275 e. The van der Waals surface area contributed by atoms with Crippen LogP contribution in [0.3, 0.4) is 0 Å². The zero-order valence-corrected chi connectivity index (χ0v) is 20.1. The molecule has 186 valence electrons. The van der Waals surface area contributed by atoms with Crippen LogP contribution in [0.1, 0.15) is 47.1 Å². The van der Waals surface area contributed by atoms with Crippen molar-refractivity contribution in [2.45, 2.75) is 37.8 Å². The summed E-state index contributed by atoms with van der Waals surface area (Å²) in [6.45, 7) is 0. The fourth-order valence-corrected chi connectivity index (χ4v) is 5.93. The summed E-state index contributed by atoms with van der Waals surface area (Å²) < 4.78 is 50.5. The minimum Gasteiger partial charge on any atom is -0.496 e. The first-order chi connectivity index (χ1) is 17.3. The molecule has 2 aromatic heterocycles. The predicted octanol–water partition coefficient (Wildman–Crippen LogP) is 4.69. The van der Waals surface area contributed by atoms with Crippen LogP contribution >= 0.6 is 0 Å². The van der Waals surface area contributed by atoms with E-state index < -0.39 is 17.5 Å². The highest BCUT2D eigenvalue weighted by Crippen LogP contribution is 2.45. The number of hydrogen-bond donors (Lipinski definition) is 0. The molecule has 4 heterocycles. The normalized spacial score (nSPS) is 19.0.